The number of benzene rings is 2. The number of hydrazine groups is 1. The molecule has 20 heavy (non-hydrogen) atoms. The van der Waals surface area contributed by atoms with Gasteiger partial charge >= 0.3 is 0 Å². The van der Waals surface area contributed by atoms with E-state index in [0.29, 0.717) is 6.42 Å². The van der Waals surface area contributed by atoms with Crippen molar-refractivity contribution in [2.45, 2.75) is 19.4 Å². The van der Waals surface area contributed by atoms with Gasteiger partial charge in [-0.3, -0.25) is 11.3 Å². The number of hydrogen-bond acceptors (Lipinski definition) is 2. The Bertz CT molecular complexity index is 614. The molecule has 0 fully saturated rings. The Morgan fingerprint density at radius 2 is 1.75 bits per heavy atom. The first-order valence-electron chi connectivity index (χ1n) is 6.18. The van der Waals surface area contributed by atoms with Crippen LogP contribution in [0.4, 0.5) is 13.2 Å². The van der Waals surface area contributed by atoms with E-state index < -0.39 is 23.5 Å². The summed E-state index contributed by atoms with van der Waals surface area (Å²) in [5.41, 5.74) is 4.44. The van der Waals surface area contributed by atoms with Crippen molar-refractivity contribution in [1.29, 1.82) is 0 Å². The number of nitrogens with one attached hydrogen (secondary N) is 1. The fraction of sp³-hybridized carbons (Fsp3) is 0.200. The molecule has 2 aromatic rings. The quantitative estimate of drug-likeness (QED) is 0.513. The molecule has 2 nitrogen and oxygen atoms in total. The van der Waals surface area contributed by atoms with Gasteiger partial charge in [-0.15, -0.1) is 0 Å². The van der Waals surface area contributed by atoms with Gasteiger partial charge < -0.3 is 0 Å². The largest absolute Gasteiger partial charge is 0.271 e. The minimum Gasteiger partial charge on any atom is -0.271 e. The molecule has 5 heteroatoms. The van der Waals surface area contributed by atoms with Crippen molar-refractivity contribution < 1.29 is 13.2 Å². The zero-order chi connectivity index (χ0) is 14.7. The van der Waals surface area contributed by atoms with Crippen LogP contribution in [-0.4, -0.2) is 0 Å². The van der Waals surface area contributed by atoms with Crippen LogP contribution in [0.15, 0.2) is 36.4 Å². The van der Waals surface area contributed by atoms with Crippen LogP contribution in [0.3, 0.4) is 0 Å². The van der Waals surface area contributed by atoms with Crippen LogP contribution < -0.4 is 11.3 Å². The maximum Gasteiger partial charge on any atom is 0.194 e. The van der Waals surface area contributed by atoms with Gasteiger partial charge in [0.2, 0.25) is 0 Å². The number of halogens is 3. The van der Waals surface area contributed by atoms with Crippen molar-refractivity contribution in [3.05, 3.63) is 70.5 Å². The van der Waals surface area contributed by atoms with E-state index in [-0.39, 0.29) is 5.56 Å². The lowest BCUT2D eigenvalue weighted by atomic mass is 9.96. The van der Waals surface area contributed by atoms with E-state index in [1.165, 1.54) is 6.07 Å². The van der Waals surface area contributed by atoms with Gasteiger partial charge in [0, 0.05) is 5.56 Å². The first-order chi connectivity index (χ1) is 9.54. The number of aryl methyl sites for hydroxylation is 1. The highest BCUT2D eigenvalue weighted by atomic mass is 19.2. The Morgan fingerprint density at radius 1 is 1.05 bits per heavy atom. The van der Waals surface area contributed by atoms with E-state index in [9.17, 15) is 13.2 Å². The molecule has 0 amide bonds. The summed E-state index contributed by atoms with van der Waals surface area (Å²) >= 11 is 0. The van der Waals surface area contributed by atoms with Crippen LogP contribution in [-0.2, 0) is 6.42 Å². The number of rotatable bonds is 4. The molecule has 0 aliphatic carbocycles. The molecule has 0 saturated carbocycles. The summed E-state index contributed by atoms with van der Waals surface area (Å²) in [6.07, 6.45) is 0.380. The lowest BCUT2D eigenvalue weighted by molar-refractivity contribution is 0.424. The summed E-state index contributed by atoms with van der Waals surface area (Å²) in [4.78, 5) is 0. The van der Waals surface area contributed by atoms with Crippen molar-refractivity contribution in [2.24, 2.45) is 5.84 Å². The molecule has 1 unspecified atom stereocenters. The van der Waals surface area contributed by atoms with Crippen molar-refractivity contribution in [2.75, 3.05) is 0 Å². The summed E-state index contributed by atoms with van der Waals surface area (Å²) in [5, 5.41) is 0. The van der Waals surface area contributed by atoms with Crippen molar-refractivity contribution >= 4 is 0 Å². The molecule has 2 aromatic carbocycles. The van der Waals surface area contributed by atoms with E-state index in [2.05, 4.69) is 5.43 Å². The summed E-state index contributed by atoms with van der Waals surface area (Å²) in [5.74, 6) is 1.53. The maximum atomic E-state index is 13.8. The monoisotopic (exact) mass is 280 g/mol. The van der Waals surface area contributed by atoms with Gasteiger partial charge in [-0.25, -0.2) is 13.2 Å². The minimum atomic E-state index is -1.48. The third-order valence-electron chi connectivity index (χ3n) is 3.33. The van der Waals surface area contributed by atoms with Crippen LogP contribution in [0.1, 0.15) is 22.7 Å². The molecule has 0 aliphatic rings. The van der Waals surface area contributed by atoms with Crippen molar-refractivity contribution in [1.82, 2.24) is 5.43 Å². The standard InChI is InChI=1S/C15H15F3N2/c1-9-4-2-3-5-10(9)8-13(20-19)11-6-7-12(16)15(18)14(11)17/h2-7,13,20H,8,19H2,1H3. The highest BCUT2D eigenvalue weighted by Crippen LogP contribution is 2.24. The normalized spacial score (nSPS) is 12.4. The molecule has 3 N–H and O–H groups in total. The summed E-state index contributed by atoms with van der Waals surface area (Å²) in [6, 6.07) is 9.03. The van der Waals surface area contributed by atoms with E-state index in [4.69, 9.17) is 5.84 Å². The van der Waals surface area contributed by atoms with Gasteiger partial charge in [0.1, 0.15) is 0 Å². The average molecular weight is 280 g/mol. The highest BCUT2D eigenvalue weighted by molar-refractivity contribution is 5.30. The predicted molar refractivity (Wildman–Crippen MR) is 71.3 cm³/mol. The fourth-order valence-electron chi connectivity index (χ4n) is 2.13. The molecular weight excluding hydrogens is 265 g/mol. The molecular formula is C15H15F3N2. The molecule has 0 aliphatic heterocycles. The SMILES string of the molecule is Cc1ccccc1CC(NN)c1ccc(F)c(F)c1F. The van der Waals surface area contributed by atoms with Gasteiger partial charge in [0.25, 0.3) is 0 Å². The van der Waals surface area contributed by atoms with Gasteiger partial charge in [-0.2, -0.15) is 0 Å². The number of hydrogen-bond donors (Lipinski definition) is 2. The van der Waals surface area contributed by atoms with Crippen molar-refractivity contribution in [3.8, 4) is 0 Å². The molecule has 0 aromatic heterocycles. The zero-order valence-corrected chi connectivity index (χ0v) is 11.0. The Labute approximate surface area is 115 Å². The summed E-state index contributed by atoms with van der Waals surface area (Å²) < 4.78 is 40.0. The maximum absolute atomic E-state index is 13.8. The molecule has 0 heterocycles. The molecule has 2 rings (SSSR count). The van der Waals surface area contributed by atoms with E-state index in [1.807, 2.05) is 31.2 Å². The Hall–Kier alpha value is -1.85. The second kappa shape index (κ2) is 6.07. The molecule has 1 atom stereocenters. The minimum absolute atomic E-state index is 0.00894. The average Bonchev–Trinajstić information content (AvgIpc) is 2.45. The van der Waals surface area contributed by atoms with Crippen LogP contribution in [0.2, 0.25) is 0 Å². The smallest absolute Gasteiger partial charge is 0.194 e. The first-order valence-corrected chi connectivity index (χ1v) is 6.18. The van der Waals surface area contributed by atoms with Crippen molar-refractivity contribution in [3.63, 3.8) is 0 Å². The van der Waals surface area contributed by atoms with E-state index in [0.717, 1.165) is 17.2 Å². The van der Waals surface area contributed by atoms with Crippen LogP contribution in [0.25, 0.3) is 0 Å². The lowest BCUT2D eigenvalue weighted by Crippen LogP contribution is -2.30. The second-order valence-corrected chi connectivity index (χ2v) is 4.61. The van der Waals surface area contributed by atoms with Gasteiger partial charge in [0.05, 0.1) is 6.04 Å². The summed E-state index contributed by atoms with van der Waals surface area (Å²) in [6.45, 7) is 1.92. The first kappa shape index (κ1) is 14.6. The number of nitrogens with two attached hydrogens (primary N) is 1. The molecule has 106 valence electrons. The zero-order valence-electron chi connectivity index (χ0n) is 11.0. The van der Waals surface area contributed by atoms with Crippen LogP contribution in [0.5, 0.6) is 0 Å². The fourth-order valence-corrected chi connectivity index (χ4v) is 2.13. The second-order valence-electron chi connectivity index (χ2n) is 4.61. The summed E-state index contributed by atoms with van der Waals surface area (Å²) in [7, 11) is 0. The predicted octanol–water partition coefficient (Wildman–Crippen LogP) is 3.16. The van der Waals surface area contributed by atoms with Crippen LogP contribution >= 0.6 is 0 Å². The van der Waals surface area contributed by atoms with Crippen LogP contribution in [0, 0.1) is 24.4 Å². The van der Waals surface area contributed by atoms with Gasteiger partial charge in [0.15, 0.2) is 17.5 Å². The topological polar surface area (TPSA) is 38.0 Å². The third-order valence-corrected chi connectivity index (χ3v) is 3.33. The molecule has 0 spiro atoms. The Kier molecular flexibility index (Phi) is 4.42. The lowest BCUT2D eigenvalue weighted by Gasteiger charge is -2.18. The highest BCUT2D eigenvalue weighted by Gasteiger charge is 2.20. The van der Waals surface area contributed by atoms with Gasteiger partial charge in [-0.1, -0.05) is 30.3 Å². The molecule has 0 bridgehead atoms. The Balaban J connectivity index is 2.34. The van der Waals surface area contributed by atoms with Gasteiger partial charge in [-0.05, 0) is 30.5 Å². The third kappa shape index (κ3) is 2.84. The van der Waals surface area contributed by atoms with E-state index in [1.54, 1.807) is 0 Å². The Morgan fingerprint density at radius 3 is 2.40 bits per heavy atom. The molecule has 0 radical (unpaired) electrons. The molecule has 0 saturated heterocycles. The van der Waals surface area contributed by atoms with E-state index >= 15 is 0 Å².